The van der Waals surface area contributed by atoms with E-state index in [9.17, 15) is 4.79 Å². The molecular formula is C13H18ClN3O2. The lowest BCUT2D eigenvalue weighted by Gasteiger charge is -2.13. The van der Waals surface area contributed by atoms with Crippen molar-refractivity contribution in [3.05, 3.63) is 28.8 Å². The highest BCUT2D eigenvalue weighted by Crippen LogP contribution is 2.24. The first-order valence-electron chi connectivity index (χ1n) is 6.07. The number of carbonyl (C=O) groups excluding carboxylic acids is 1. The van der Waals surface area contributed by atoms with E-state index < -0.39 is 0 Å². The summed E-state index contributed by atoms with van der Waals surface area (Å²) in [6, 6.07) is 4.78. The number of benzene rings is 1. The van der Waals surface area contributed by atoms with Crippen LogP contribution in [0.15, 0.2) is 23.4 Å². The Kier molecular flexibility index (Phi) is 5.63. The molecule has 1 atom stereocenters. The Balaban J connectivity index is 2.91. The van der Waals surface area contributed by atoms with Crippen LogP contribution in [-0.2, 0) is 4.79 Å². The molecule has 6 heteroatoms. The van der Waals surface area contributed by atoms with Crippen molar-refractivity contribution in [3.8, 4) is 0 Å². The van der Waals surface area contributed by atoms with Gasteiger partial charge in [0, 0.05) is 11.5 Å². The van der Waals surface area contributed by atoms with E-state index in [1.807, 2.05) is 13.8 Å². The molecule has 0 aromatic heterocycles. The first-order valence-corrected chi connectivity index (χ1v) is 6.45. The Morgan fingerprint density at radius 1 is 1.58 bits per heavy atom. The van der Waals surface area contributed by atoms with Crippen LogP contribution in [0.2, 0.25) is 5.02 Å². The van der Waals surface area contributed by atoms with Crippen LogP contribution < -0.4 is 11.1 Å². The molecule has 0 radical (unpaired) electrons. The highest BCUT2D eigenvalue weighted by atomic mass is 35.5. The van der Waals surface area contributed by atoms with Crippen LogP contribution in [0, 0.1) is 5.92 Å². The molecule has 0 aliphatic rings. The fraction of sp³-hybridized carbons (Fsp3) is 0.385. The molecule has 1 aromatic rings. The number of rotatable bonds is 5. The van der Waals surface area contributed by atoms with Crippen molar-refractivity contribution in [3.63, 3.8) is 0 Å². The summed E-state index contributed by atoms with van der Waals surface area (Å²) in [5, 5.41) is 14.7. The molecule has 0 fully saturated rings. The number of nitrogens with one attached hydrogen (secondary N) is 1. The summed E-state index contributed by atoms with van der Waals surface area (Å²) in [4.78, 5) is 11.9. The minimum Gasteiger partial charge on any atom is -0.409 e. The molecular weight excluding hydrogens is 266 g/mol. The van der Waals surface area contributed by atoms with Crippen LogP contribution in [0.1, 0.15) is 32.3 Å². The molecule has 0 saturated heterocycles. The van der Waals surface area contributed by atoms with Gasteiger partial charge in [0.2, 0.25) is 5.91 Å². The van der Waals surface area contributed by atoms with Crippen LogP contribution in [0.4, 0.5) is 5.69 Å². The predicted molar refractivity (Wildman–Crippen MR) is 76.7 cm³/mol. The van der Waals surface area contributed by atoms with Gasteiger partial charge in [-0.05, 0) is 24.6 Å². The first kappa shape index (κ1) is 15.3. The monoisotopic (exact) mass is 283 g/mol. The van der Waals surface area contributed by atoms with Gasteiger partial charge in [-0.3, -0.25) is 4.79 Å². The topological polar surface area (TPSA) is 87.7 Å². The van der Waals surface area contributed by atoms with E-state index in [1.54, 1.807) is 18.2 Å². The molecule has 0 heterocycles. The lowest BCUT2D eigenvalue weighted by molar-refractivity contribution is -0.119. The average molecular weight is 284 g/mol. The van der Waals surface area contributed by atoms with Crippen molar-refractivity contribution >= 4 is 29.0 Å². The highest BCUT2D eigenvalue weighted by Gasteiger charge is 2.14. The molecule has 0 aliphatic carbocycles. The van der Waals surface area contributed by atoms with Crippen molar-refractivity contribution in [2.24, 2.45) is 16.8 Å². The number of halogens is 1. The maximum atomic E-state index is 11.9. The third-order valence-corrected chi connectivity index (χ3v) is 3.13. The van der Waals surface area contributed by atoms with Crippen molar-refractivity contribution in [2.45, 2.75) is 26.7 Å². The number of amides is 1. The molecule has 4 N–H and O–H groups in total. The van der Waals surface area contributed by atoms with Gasteiger partial charge in [-0.15, -0.1) is 0 Å². The van der Waals surface area contributed by atoms with Gasteiger partial charge in [0.15, 0.2) is 5.84 Å². The quantitative estimate of drug-likeness (QED) is 0.336. The van der Waals surface area contributed by atoms with Crippen molar-refractivity contribution in [1.82, 2.24) is 0 Å². The smallest absolute Gasteiger partial charge is 0.227 e. The average Bonchev–Trinajstić information content (AvgIpc) is 2.40. The number of amidine groups is 1. The zero-order chi connectivity index (χ0) is 14.4. The molecule has 1 amide bonds. The maximum absolute atomic E-state index is 11.9. The van der Waals surface area contributed by atoms with E-state index in [1.165, 1.54) is 0 Å². The molecule has 1 unspecified atom stereocenters. The van der Waals surface area contributed by atoms with Gasteiger partial charge in [-0.2, -0.15) is 0 Å². The summed E-state index contributed by atoms with van der Waals surface area (Å²) in [6.07, 6.45) is 1.75. The van der Waals surface area contributed by atoms with Gasteiger partial charge in [0.1, 0.15) is 0 Å². The molecule has 5 nitrogen and oxygen atoms in total. The predicted octanol–water partition coefficient (Wildman–Crippen LogP) is 2.81. The van der Waals surface area contributed by atoms with Gasteiger partial charge in [0.05, 0.1) is 10.7 Å². The van der Waals surface area contributed by atoms with Crippen LogP contribution in [0.25, 0.3) is 0 Å². The van der Waals surface area contributed by atoms with Crippen LogP contribution in [0.5, 0.6) is 0 Å². The molecule has 0 bridgehead atoms. The molecule has 19 heavy (non-hydrogen) atoms. The number of anilines is 1. The second-order valence-electron chi connectivity index (χ2n) is 4.36. The lowest BCUT2D eigenvalue weighted by atomic mass is 10.1. The zero-order valence-electron chi connectivity index (χ0n) is 11.0. The number of hydrogen-bond donors (Lipinski definition) is 3. The standard InChI is InChI=1S/C13H18ClN3O2/c1-3-4-8(2)13(18)16-11-7-9(12(15)17-19)5-6-10(11)14/h5-8,19H,3-4H2,1-2H3,(H2,15,17)(H,16,18). The zero-order valence-corrected chi connectivity index (χ0v) is 11.7. The minimum absolute atomic E-state index is 0.0335. The second-order valence-corrected chi connectivity index (χ2v) is 4.77. The van der Waals surface area contributed by atoms with E-state index in [-0.39, 0.29) is 17.7 Å². The third kappa shape index (κ3) is 4.13. The fourth-order valence-electron chi connectivity index (χ4n) is 1.66. The summed E-state index contributed by atoms with van der Waals surface area (Å²) in [5.41, 5.74) is 6.44. The summed E-state index contributed by atoms with van der Waals surface area (Å²) >= 11 is 6.01. The lowest BCUT2D eigenvalue weighted by Crippen LogP contribution is -2.21. The van der Waals surface area contributed by atoms with Gasteiger partial charge >= 0.3 is 0 Å². The van der Waals surface area contributed by atoms with Crippen molar-refractivity contribution in [1.29, 1.82) is 0 Å². The van der Waals surface area contributed by atoms with Gasteiger partial charge < -0.3 is 16.3 Å². The first-order chi connectivity index (χ1) is 8.99. The Morgan fingerprint density at radius 3 is 2.84 bits per heavy atom. The Labute approximate surface area is 117 Å². The molecule has 0 spiro atoms. The van der Waals surface area contributed by atoms with Gasteiger partial charge in [0.25, 0.3) is 0 Å². The molecule has 1 aromatic carbocycles. The Bertz CT molecular complexity index is 489. The van der Waals surface area contributed by atoms with Crippen LogP contribution in [-0.4, -0.2) is 17.0 Å². The number of nitrogens with two attached hydrogens (primary N) is 1. The summed E-state index contributed by atoms with van der Waals surface area (Å²) in [5.74, 6) is -0.220. The third-order valence-electron chi connectivity index (χ3n) is 2.80. The van der Waals surface area contributed by atoms with E-state index >= 15 is 0 Å². The largest absolute Gasteiger partial charge is 0.409 e. The number of oxime groups is 1. The van der Waals surface area contributed by atoms with Crippen molar-refractivity contribution in [2.75, 3.05) is 5.32 Å². The number of carbonyl (C=O) groups is 1. The van der Waals surface area contributed by atoms with Gasteiger partial charge in [-0.1, -0.05) is 37.0 Å². The summed E-state index contributed by atoms with van der Waals surface area (Å²) in [7, 11) is 0. The van der Waals surface area contributed by atoms with E-state index in [0.717, 1.165) is 12.8 Å². The Morgan fingerprint density at radius 2 is 2.26 bits per heavy atom. The normalized spacial score (nSPS) is 13.1. The molecule has 104 valence electrons. The Hall–Kier alpha value is -1.75. The van der Waals surface area contributed by atoms with E-state index in [0.29, 0.717) is 16.3 Å². The minimum atomic E-state index is -0.0968. The summed E-state index contributed by atoms with van der Waals surface area (Å²) < 4.78 is 0. The van der Waals surface area contributed by atoms with E-state index in [2.05, 4.69) is 10.5 Å². The summed E-state index contributed by atoms with van der Waals surface area (Å²) in [6.45, 7) is 3.88. The van der Waals surface area contributed by atoms with Crippen LogP contribution in [0.3, 0.4) is 0 Å². The highest BCUT2D eigenvalue weighted by molar-refractivity contribution is 6.34. The van der Waals surface area contributed by atoms with Crippen LogP contribution >= 0.6 is 11.6 Å². The molecule has 0 aliphatic heterocycles. The fourth-order valence-corrected chi connectivity index (χ4v) is 1.82. The van der Waals surface area contributed by atoms with Gasteiger partial charge in [-0.25, -0.2) is 0 Å². The number of hydrogen-bond acceptors (Lipinski definition) is 3. The van der Waals surface area contributed by atoms with Crippen molar-refractivity contribution < 1.29 is 10.0 Å². The second kappa shape index (κ2) is 6.99. The van der Waals surface area contributed by atoms with E-state index in [4.69, 9.17) is 22.5 Å². The number of nitrogens with zero attached hydrogens (tertiary/aromatic N) is 1. The SMILES string of the molecule is CCCC(C)C(=O)Nc1cc(C(N)=NO)ccc1Cl. The molecule has 1 rings (SSSR count). The maximum Gasteiger partial charge on any atom is 0.227 e. The molecule has 0 saturated carbocycles.